The van der Waals surface area contributed by atoms with Gasteiger partial charge in [-0.15, -0.1) is 0 Å². The summed E-state index contributed by atoms with van der Waals surface area (Å²) in [5.41, 5.74) is 2.12. The highest BCUT2D eigenvalue weighted by atomic mass is 19.1. The summed E-state index contributed by atoms with van der Waals surface area (Å²) in [5, 5.41) is 2.58. The van der Waals surface area contributed by atoms with E-state index in [1.54, 1.807) is 37.3 Å². The first-order valence-corrected chi connectivity index (χ1v) is 12.1. The van der Waals surface area contributed by atoms with E-state index in [1.807, 2.05) is 19.1 Å². The molecule has 0 aromatic heterocycles. The zero-order valence-electron chi connectivity index (χ0n) is 22.1. The highest BCUT2D eigenvalue weighted by Crippen LogP contribution is 2.34. The molecule has 0 saturated carbocycles. The lowest BCUT2D eigenvalue weighted by molar-refractivity contribution is -0.145. The van der Waals surface area contributed by atoms with Crippen LogP contribution in [0.3, 0.4) is 0 Å². The van der Waals surface area contributed by atoms with E-state index in [4.69, 9.17) is 14.2 Å². The molecule has 9 heteroatoms. The molecule has 1 unspecified atom stereocenters. The van der Waals surface area contributed by atoms with Gasteiger partial charge in [-0.05, 0) is 36.8 Å². The van der Waals surface area contributed by atoms with Crippen molar-refractivity contribution in [2.75, 3.05) is 25.9 Å². The second kappa shape index (κ2) is 13.6. The van der Waals surface area contributed by atoms with Crippen molar-refractivity contribution in [1.29, 1.82) is 0 Å². The number of nitrogens with one attached hydrogen (secondary N) is 1. The Kier molecular flexibility index (Phi) is 10.0. The molecule has 0 aliphatic heterocycles. The minimum atomic E-state index is -1.21. The number of benzene rings is 3. The Hall–Kier alpha value is -4.84. The Morgan fingerprint density at radius 3 is 2.13 bits per heavy atom. The zero-order chi connectivity index (χ0) is 28.4. The Morgan fingerprint density at radius 1 is 0.949 bits per heavy atom. The Morgan fingerprint density at radius 2 is 1.56 bits per heavy atom. The van der Waals surface area contributed by atoms with Gasteiger partial charge in [0.25, 0.3) is 0 Å². The molecule has 39 heavy (non-hydrogen) atoms. The van der Waals surface area contributed by atoms with Gasteiger partial charge in [-0.3, -0.25) is 19.3 Å². The van der Waals surface area contributed by atoms with Gasteiger partial charge in [0.05, 0.1) is 19.9 Å². The van der Waals surface area contributed by atoms with Gasteiger partial charge >= 0.3 is 11.9 Å². The number of esters is 1. The molecule has 3 aromatic carbocycles. The van der Waals surface area contributed by atoms with Gasteiger partial charge in [-0.1, -0.05) is 42.7 Å². The number of carbonyl (C=O) groups is 3. The van der Waals surface area contributed by atoms with Crippen LogP contribution in [-0.2, 0) is 19.1 Å². The lowest BCUT2D eigenvalue weighted by Gasteiger charge is -2.30. The number of ether oxygens (including phenoxy) is 3. The van der Waals surface area contributed by atoms with Crippen molar-refractivity contribution in [3.05, 3.63) is 89.2 Å². The molecule has 1 atom stereocenters. The van der Waals surface area contributed by atoms with Gasteiger partial charge in [0.1, 0.15) is 23.4 Å². The number of carbonyl (C=O) groups excluding carboxylic acids is 3. The molecular formula is C30H29FN2O6. The van der Waals surface area contributed by atoms with Crippen LogP contribution >= 0.6 is 0 Å². The van der Waals surface area contributed by atoms with Gasteiger partial charge in [0, 0.05) is 36.1 Å². The Balaban J connectivity index is 2.14. The first-order chi connectivity index (χ1) is 18.7. The number of nitrogens with zero attached hydrogens (tertiary/aromatic N) is 1. The summed E-state index contributed by atoms with van der Waals surface area (Å²) in [7, 11) is 2.93. The molecule has 3 rings (SSSR count). The van der Waals surface area contributed by atoms with Gasteiger partial charge in [-0.25, -0.2) is 4.39 Å². The van der Waals surface area contributed by atoms with Crippen LogP contribution in [0.2, 0.25) is 0 Å². The first-order valence-electron chi connectivity index (χ1n) is 12.1. The third-order valence-electron chi connectivity index (χ3n) is 5.66. The average Bonchev–Trinajstić information content (AvgIpc) is 2.95. The Bertz CT molecular complexity index is 1360. The van der Waals surface area contributed by atoms with E-state index in [0.29, 0.717) is 22.6 Å². The molecule has 1 N–H and O–H groups in total. The fourth-order valence-electron chi connectivity index (χ4n) is 3.59. The second-order valence-electron chi connectivity index (χ2n) is 8.37. The summed E-state index contributed by atoms with van der Waals surface area (Å²) in [6.07, 6.45) is 0.143. The molecule has 0 radical (unpaired) electrons. The van der Waals surface area contributed by atoms with Gasteiger partial charge < -0.3 is 19.5 Å². The molecule has 0 fully saturated rings. The van der Waals surface area contributed by atoms with Crippen molar-refractivity contribution in [2.45, 2.75) is 26.3 Å². The molecule has 3 aromatic rings. The molecule has 0 saturated heterocycles. The summed E-state index contributed by atoms with van der Waals surface area (Å²) < 4.78 is 29.1. The number of amides is 2. The first kappa shape index (κ1) is 28.7. The van der Waals surface area contributed by atoms with Crippen molar-refractivity contribution in [2.24, 2.45) is 0 Å². The summed E-state index contributed by atoms with van der Waals surface area (Å²) in [6, 6.07) is 16.0. The minimum Gasteiger partial charge on any atom is -0.497 e. The number of anilines is 1. The summed E-state index contributed by atoms with van der Waals surface area (Å²) in [4.78, 5) is 40.1. The van der Waals surface area contributed by atoms with E-state index in [9.17, 15) is 18.8 Å². The normalized spacial score (nSPS) is 10.9. The van der Waals surface area contributed by atoms with Crippen LogP contribution in [0.25, 0.3) is 0 Å². The van der Waals surface area contributed by atoms with Gasteiger partial charge in [-0.2, -0.15) is 0 Å². The van der Waals surface area contributed by atoms with Crippen molar-refractivity contribution in [3.8, 4) is 23.3 Å². The molecule has 0 aliphatic carbocycles. The molecule has 2 amide bonds. The molecule has 0 spiro atoms. The fraction of sp³-hybridized carbons (Fsp3) is 0.233. The number of halogens is 1. The summed E-state index contributed by atoms with van der Waals surface area (Å²) >= 11 is 0. The maximum atomic E-state index is 13.7. The maximum Gasteiger partial charge on any atom is 0.307 e. The Labute approximate surface area is 226 Å². The molecule has 0 bridgehead atoms. The molecule has 0 heterocycles. The molecule has 202 valence electrons. The van der Waals surface area contributed by atoms with Crippen LogP contribution in [0.1, 0.15) is 36.1 Å². The van der Waals surface area contributed by atoms with Crippen molar-refractivity contribution in [1.82, 2.24) is 5.32 Å². The number of rotatable bonds is 9. The monoisotopic (exact) mass is 532 g/mol. The maximum absolute atomic E-state index is 13.7. The smallest absolute Gasteiger partial charge is 0.307 e. The number of methoxy groups -OCH3 is 2. The highest BCUT2D eigenvalue weighted by Gasteiger charge is 2.33. The number of hydrogen-bond acceptors (Lipinski definition) is 6. The predicted molar refractivity (Wildman–Crippen MR) is 144 cm³/mol. The third kappa shape index (κ3) is 7.82. The van der Waals surface area contributed by atoms with E-state index < -0.39 is 29.6 Å². The summed E-state index contributed by atoms with van der Waals surface area (Å²) in [6.45, 7) is 3.15. The minimum absolute atomic E-state index is 0.143. The predicted octanol–water partition coefficient (Wildman–Crippen LogP) is 4.30. The van der Waals surface area contributed by atoms with Crippen LogP contribution < -0.4 is 19.7 Å². The average molecular weight is 533 g/mol. The zero-order valence-corrected chi connectivity index (χ0v) is 22.1. The van der Waals surface area contributed by atoms with Crippen molar-refractivity contribution >= 4 is 23.5 Å². The molecule has 8 nitrogen and oxygen atoms in total. The summed E-state index contributed by atoms with van der Waals surface area (Å²) in [5.74, 6) is 3.80. The van der Waals surface area contributed by atoms with Crippen LogP contribution in [0.5, 0.6) is 11.5 Å². The number of aryl methyl sites for hydroxylation is 1. The van der Waals surface area contributed by atoms with E-state index >= 15 is 0 Å². The van der Waals surface area contributed by atoms with Crippen LogP contribution in [0, 0.1) is 24.6 Å². The third-order valence-corrected chi connectivity index (χ3v) is 5.66. The number of hydrogen-bond donors (Lipinski definition) is 1. The van der Waals surface area contributed by atoms with Crippen LogP contribution in [0.15, 0.2) is 66.7 Å². The quantitative estimate of drug-likeness (QED) is 0.251. The van der Waals surface area contributed by atoms with Gasteiger partial charge in [0.15, 0.2) is 6.73 Å². The van der Waals surface area contributed by atoms with Crippen molar-refractivity contribution in [3.63, 3.8) is 0 Å². The van der Waals surface area contributed by atoms with E-state index in [1.165, 1.54) is 43.4 Å². The van der Waals surface area contributed by atoms with E-state index in [0.717, 1.165) is 5.56 Å². The van der Waals surface area contributed by atoms with Crippen LogP contribution in [0.4, 0.5) is 10.1 Å². The van der Waals surface area contributed by atoms with E-state index in [-0.39, 0.29) is 18.8 Å². The van der Waals surface area contributed by atoms with Gasteiger partial charge in [0.2, 0.25) is 5.91 Å². The highest BCUT2D eigenvalue weighted by molar-refractivity contribution is 6.10. The lowest BCUT2D eigenvalue weighted by atomic mass is 10.0. The van der Waals surface area contributed by atoms with Crippen molar-refractivity contribution < 1.29 is 33.0 Å². The van der Waals surface area contributed by atoms with Crippen LogP contribution in [-0.4, -0.2) is 38.7 Å². The largest absolute Gasteiger partial charge is 0.497 e. The SMILES string of the molecule is CCC(=O)OCNC(=O)C(c1ccc(C)cc1)N(C(=O)C#Cc1ccc(F)cc1)c1cc(OC)cc(OC)c1. The lowest BCUT2D eigenvalue weighted by Crippen LogP contribution is -2.44. The molecule has 0 aliphatic rings. The molecular weight excluding hydrogens is 503 g/mol. The standard InChI is InChI=1S/C30H29FN2O6/c1-5-28(35)39-19-32-30(36)29(22-11-6-20(2)7-12-22)33(24-16-25(37-3)18-26(17-24)38-4)27(34)15-10-21-8-13-23(31)14-9-21/h6-9,11-14,16-18,29H,5,19H2,1-4H3,(H,32,36). The fourth-order valence-corrected chi connectivity index (χ4v) is 3.59. The topological polar surface area (TPSA) is 94.2 Å². The second-order valence-corrected chi connectivity index (χ2v) is 8.37. The van der Waals surface area contributed by atoms with E-state index in [2.05, 4.69) is 17.2 Å².